The lowest BCUT2D eigenvalue weighted by atomic mass is 9.92. The van der Waals surface area contributed by atoms with E-state index in [2.05, 4.69) is 26.0 Å². The zero-order valence-corrected chi connectivity index (χ0v) is 20.6. The van der Waals surface area contributed by atoms with Crippen molar-refractivity contribution in [3.63, 3.8) is 0 Å². The lowest BCUT2D eigenvalue weighted by Gasteiger charge is -2.30. The highest BCUT2D eigenvalue weighted by Crippen LogP contribution is 2.43. The maximum atomic E-state index is 11.9. The van der Waals surface area contributed by atoms with Gasteiger partial charge in [-0.05, 0) is 69.9 Å². The largest absolute Gasteiger partial charge is 0.494 e. The van der Waals surface area contributed by atoms with Crippen molar-refractivity contribution in [3.05, 3.63) is 54.4 Å². The molecule has 184 valence electrons. The van der Waals surface area contributed by atoms with Crippen LogP contribution < -0.4 is 10.1 Å². The first kappa shape index (κ1) is 23.4. The van der Waals surface area contributed by atoms with Gasteiger partial charge < -0.3 is 14.0 Å². The minimum Gasteiger partial charge on any atom is -0.494 e. The quantitative estimate of drug-likeness (QED) is 0.324. The highest BCUT2D eigenvalue weighted by Gasteiger charge is 2.28. The Kier molecular flexibility index (Phi) is 6.34. The predicted molar refractivity (Wildman–Crippen MR) is 136 cm³/mol. The summed E-state index contributed by atoms with van der Waals surface area (Å²) in [7, 11) is 0. The molecule has 0 atom stereocenters. The van der Waals surface area contributed by atoms with E-state index in [1.165, 1.54) is 6.42 Å². The zero-order valence-electron chi connectivity index (χ0n) is 20.6. The summed E-state index contributed by atoms with van der Waals surface area (Å²) in [6.07, 6.45) is 4.40. The van der Waals surface area contributed by atoms with Gasteiger partial charge in [0.25, 0.3) is 5.95 Å². The average Bonchev–Trinajstić information content (AvgIpc) is 3.27. The molecule has 1 fully saturated rings. The molecule has 6 rings (SSSR count). The van der Waals surface area contributed by atoms with Crippen molar-refractivity contribution >= 4 is 22.7 Å². The molecule has 1 amide bonds. The summed E-state index contributed by atoms with van der Waals surface area (Å²) in [6, 6.07) is 16.3. The molecular weight excluding hydrogens is 456 g/mol. The Morgan fingerprint density at radius 2 is 1.97 bits per heavy atom. The summed E-state index contributed by atoms with van der Waals surface area (Å²) in [5.74, 6) is 1.69. The van der Waals surface area contributed by atoms with Crippen LogP contribution in [0.4, 0.5) is 10.5 Å². The molecule has 36 heavy (non-hydrogen) atoms. The third-order valence-electron chi connectivity index (χ3n) is 6.23. The first-order valence-electron chi connectivity index (χ1n) is 12.2. The average molecular weight is 485 g/mol. The number of hydrogen-bond acceptors (Lipinski definition) is 6. The Hall–Kier alpha value is -4.32. The van der Waals surface area contributed by atoms with Crippen LogP contribution >= 0.6 is 0 Å². The van der Waals surface area contributed by atoms with Crippen LogP contribution in [0.25, 0.3) is 28.1 Å². The van der Waals surface area contributed by atoms with Crippen molar-refractivity contribution < 1.29 is 14.3 Å². The topological polar surface area (TPSA) is 107 Å². The van der Waals surface area contributed by atoms with Crippen LogP contribution in [0.2, 0.25) is 0 Å². The number of nitriles is 1. The summed E-state index contributed by atoms with van der Waals surface area (Å²) < 4.78 is 14.9. The number of aromatic nitrogens is 4. The molecule has 1 saturated carbocycles. The van der Waals surface area contributed by atoms with Gasteiger partial charge in [0, 0.05) is 23.2 Å². The first-order chi connectivity index (χ1) is 17.5. The van der Waals surface area contributed by atoms with Crippen molar-refractivity contribution in [2.75, 3.05) is 11.9 Å². The van der Waals surface area contributed by atoms with Crippen molar-refractivity contribution in [1.29, 1.82) is 5.26 Å². The summed E-state index contributed by atoms with van der Waals surface area (Å²) in [5, 5.41) is 17.4. The highest BCUT2D eigenvalue weighted by molar-refractivity contribution is 5.96. The molecule has 0 bridgehead atoms. The highest BCUT2D eigenvalue weighted by atomic mass is 16.6. The maximum absolute atomic E-state index is 11.9. The number of carbonyl (C=O) groups excluding carboxylic acids is 1. The second kappa shape index (κ2) is 9.74. The molecule has 1 N–H and O–H groups in total. The molecule has 3 aromatic rings. The number of hydrogen-bond donors (Lipinski definition) is 1. The van der Waals surface area contributed by atoms with Crippen molar-refractivity contribution in [3.8, 4) is 29.0 Å². The molecule has 0 unspecified atom stereocenters. The molecule has 0 radical (unpaired) electrons. The van der Waals surface area contributed by atoms with Gasteiger partial charge in [0.05, 0.1) is 29.5 Å². The summed E-state index contributed by atoms with van der Waals surface area (Å²) in [5.41, 5.74) is 4.22. The Bertz CT molecular complexity index is 1420. The summed E-state index contributed by atoms with van der Waals surface area (Å²) in [4.78, 5) is 15.6. The number of benzene rings is 2. The van der Waals surface area contributed by atoms with Crippen LogP contribution in [0.5, 0.6) is 5.75 Å². The van der Waals surface area contributed by atoms with Crippen molar-refractivity contribution in [2.24, 2.45) is 0 Å². The third-order valence-corrected chi connectivity index (χ3v) is 6.23. The Labute approximate surface area is 209 Å². The van der Waals surface area contributed by atoms with Gasteiger partial charge in [-0.15, -0.1) is 5.10 Å². The minimum absolute atomic E-state index is 0.183. The number of anilines is 1. The monoisotopic (exact) mass is 484 g/mol. The molecule has 2 aliphatic heterocycles. The fourth-order valence-corrected chi connectivity index (χ4v) is 4.33. The van der Waals surface area contributed by atoms with Crippen LogP contribution in [-0.2, 0) is 4.74 Å². The molecule has 0 spiro atoms. The number of ether oxygens (including phenoxy) is 2. The van der Waals surface area contributed by atoms with Crippen LogP contribution in [-0.4, -0.2) is 38.1 Å². The van der Waals surface area contributed by atoms with Gasteiger partial charge >= 0.3 is 6.09 Å². The molecule has 2 aromatic carbocycles. The minimum atomic E-state index is -0.479. The molecule has 0 saturated heterocycles. The standard InChI is InChI=1S/C25H27N3O3.C2HN3/c1-4-30-20-12-13-21-22(15-26)24(28(23(21)14-20)19-6-5-7-19)17-8-10-18(11-9-17)27-25(29)31-16(2)3;1-3-2-4-5(1)2/h8-14,16,19H,4-7H2,1-3H3,(H,27,29);1H. The van der Waals surface area contributed by atoms with Gasteiger partial charge in [0.1, 0.15) is 18.1 Å². The van der Waals surface area contributed by atoms with E-state index in [9.17, 15) is 10.1 Å². The van der Waals surface area contributed by atoms with Gasteiger partial charge in [-0.2, -0.15) is 14.9 Å². The predicted octanol–water partition coefficient (Wildman–Crippen LogP) is 5.84. The Morgan fingerprint density at radius 3 is 2.47 bits per heavy atom. The lowest BCUT2D eigenvalue weighted by molar-refractivity contribution is 0.130. The molecule has 3 heterocycles. The normalized spacial score (nSPS) is 13.4. The fraction of sp³-hybridized carbons (Fsp3) is 0.333. The molecule has 3 aliphatic rings. The molecule has 9 heteroatoms. The van der Waals surface area contributed by atoms with Gasteiger partial charge in [-0.25, -0.2) is 4.79 Å². The van der Waals surface area contributed by atoms with E-state index in [1.807, 2.05) is 63.2 Å². The number of amides is 1. The summed E-state index contributed by atoms with van der Waals surface area (Å²) >= 11 is 0. The molecule has 9 nitrogen and oxygen atoms in total. The van der Waals surface area contributed by atoms with E-state index in [1.54, 1.807) is 11.0 Å². The first-order valence-corrected chi connectivity index (χ1v) is 12.2. The number of rotatable bonds is 6. The van der Waals surface area contributed by atoms with Crippen molar-refractivity contribution in [1.82, 2.24) is 19.3 Å². The number of fused-ring (bicyclic) bond motifs is 2. The van der Waals surface area contributed by atoms with Crippen LogP contribution in [0.3, 0.4) is 0 Å². The van der Waals surface area contributed by atoms with E-state index < -0.39 is 6.09 Å². The van der Waals surface area contributed by atoms with Gasteiger partial charge in [-0.3, -0.25) is 5.32 Å². The number of nitrogens with one attached hydrogen (secondary N) is 1. The van der Waals surface area contributed by atoms with E-state index in [4.69, 9.17) is 9.47 Å². The number of carbonyl (C=O) groups is 1. The van der Waals surface area contributed by atoms with Gasteiger partial charge in [0.2, 0.25) is 0 Å². The van der Waals surface area contributed by atoms with Crippen LogP contribution in [0.1, 0.15) is 51.6 Å². The zero-order chi connectivity index (χ0) is 25.2. The third kappa shape index (κ3) is 4.62. The van der Waals surface area contributed by atoms with Gasteiger partial charge in [-0.1, -0.05) is 12.1 Å². The molecule has 1 aliphatic carbocycles. The SMILES string of the molecule is CCOc1ccc2c(C#N)c(-c3ccc(NC(=O)OC(C)C)cc3)n(C3CCC3)c2c1.c1nc2nn1-2. The van der Waals surface area contributed by atoms with E-state index in [-0.39, 0.29) is 6.10 Å². The number of nitrogens with zero attached hydrogens (tertiary/aromatic N) is 5. The lowest BCUT2D eigenvalue weighted by Crippen LogP contribution is -2.18. The molecular formula is C27H28N6O3. The van der Waals surface area contributed by atoms with E-state index in [0.717, 1.165) is 46.7 Å². The maximum Gasteiger partial charge on any atom is 0.411 e. The van der Waals surface area contributed by atoms with Crippen LogP contribution in [0.15, 0.2) is 48.8 Å². The smallest absolute Gasteiger partial charge is 0.411 e. The summed E-state index contributed by atoms with van der Waals surface area (Å²) in [6.45, 7) is 6.18. The van der Waals surface area contributed by atoms with Gasteiger partial charge in [0.15, 0.2) is 0 Å². The van der Waals surface area contributed by atoms with E-state index in [0.29, 0.717) is 23.9 Å². The second-order valence-corrected chi connectivity index (χ2v) is 9.05. The van der Waals surface area contributed by atoms with Crippen LogP contribution in [0, 0.1) is 11.3 Å². The fourth-order valence-electron chi connectivity index (χ4n) is 4.33. The van der Waals surface area contributed by atoms with Crippen molar-refractivity contribution in [2.45, 2.75) is 52.2 Å². The second-order valence-electron chi connectivity index (χ2n) is 9.05. The van der Waals surface area contributed by atoms with E-state index >= 15 is 0 Å². The Morgan fingerprint density at radius 1 is 1.22 bits per heavy atom. The Balaban J connectivity index is 0.000000466. The molecule has 1 aromatic heterocycles.